The Morgan fingerprint density at radius 3 is 2.27 bits per heavy atom. The van der Waals surface area contributed by atoms with Crippen molar-refractivity contribution in [2.24, 2.45) is 0 Å². The summed E-state index contributed by atoms with van der Waals surface area (Å²) in [5.41, 5.74) is 1.46. The summed E-state index contributed by atoms with van der Waals surface area (Å²) in [6, 6.07) is 10.6. The molecule has 1 aromatic rings. The molecule has 0 aliphatic carbocycles. The summed E-state index contributed by atoms with van der Waals surface area (Å²) in [6.07, 6.45) is 3.83. The van der Waals surface area contributed by atoms with Crippen LogP contribution in [0.4, 0.5) is 0 Å². The van der Waals surface area contributed by atoms with Crippen LogP contribution in [0.1, 0.15) is 25.3 Å². The molecule has 0 N–H and O–H groups in total. The molecule has 0 radical (unpaired) electrons. The van der Waals surface area contributed by atoms with E-state index in [1.807, 2.05) is 0 Å². The maximum atomic E-state index is 2.23. The summed E-state index contributed by atoms with van der Waals surface area (Å²) in [6.45, 7) is 2.23. The third kappa shape index (κ3) is 4.30. The summed E-state index contributed by atoms with van der Waals surface area (Å²) in [5, 5.41) is 0. The Hall–Kier alpha value is -0.183. The molecule has 0 aliphatic rings. The van der Waals surface area contributed by atoms with E-state index in [0.717, 1.165) is 0 Å². The van der Waals surface area contributed by atoms with Crippen LogP contribution in [0, 0.1) is 0 Å². The third-order valence-electron chi connectivity index (χ3n) is 1.66. The first kappa shape index (κ1) is 10.8. The number of benzene rings is 1. The minimum atomic E-state index is 0. The van der Waals surface area contributed by atoms with Crippen LogP contribution in [0.2, 0.25) is 0 Å². The fraction of sp³-hybridized carbons (Fsp3) is 0.400. The zero-order valence-corrected chi connectivity index (χ0v) is 6.51. The molecule has 0 saturated heterocycles. The van der Waals surface area contributed by atoms with Crippen LogP contribution in [-0.4, -0.2) is 18.9 Å². The van der Waals surface area contributed by atoms with Crippen molar-refractivity contribution in [3.8, 4) is 0 Å². The van der Waals surface area contributed by atoms with Crippen molar-refractivity contribution >= 4 is 18.9 Å². The molecular formula is C10H15Li. The molecule has 0 aliphatic heterocycles. The second kappa shape index (κ2) is 6.52. The van der Waals surface area contributed by atoms with Gasteiger partial charge in [-0.1, -0.05) is 43.7 Å². The van der Waals surface area contributed by atoms with Crippen molar-refractivity contribution in [1.82, 2.24) is 0 Å². The van der Waals surface area contributed by atoms with Crippen molar-refractivity contribution in [1.29, 1.82) is 0 Å². The average molecular weight is 142 g/mol. The van der Waals surface area contributed by atoms with Gasteiger partial charge >= 0.3 is 18.9 Å². The predicted octanol–water partition coefficient (Wildman–Crippen LogP) is 2.38. The van der Waals surface area contributed by atoms with E-state index < -0.39 is 0 Å². The molecule has 0 fully saturated rings. The Morgan fingerprint density at radius 2 is 1.73 bits per heavy atom. The Labute approximate surface area is 81.2 Å². The van der Waals surface area contributed by atoms with Gasteiger partial charge in [0.2, 0.25) is 0 Å². The van der Waals surface area contributed by atoms with E-state index >= 15 is 0 Å². The van der Waals surface area contributed by atoms with Crippen molar-refractivity contribution < 1.29 is 0 Å². The van der Waals surface area contributed by atoms with Gasteiger partial charge in [0, 0.05) is 0 Å². The first-order valence-electron chi connectivity index (χ1n) is 3.97. The van der Waals surface area contributed by atoms with E-state index in [1.165, 1.54) is 24.8 Å². The van der Waals surface area contributed by atoms with Crippen LogP contribution >= 0.6 is 0 Å². The Bertz CT molecular complexity index is 169. The van der Waals surface area contributed by atoms with Gasteiger partial charge in [0.15, 0.2) is 0 Å². The first-order valence-corrected chi connectivity index (χ1v) is 3.97. The molecule has 1 rings (SSSR count). The number of aryl methyl sites for hydroxylation is 1. The van der Waals surface area contributed by atoms with Gasteiger partial charge in [0.05, 0.1) is 0 Å². The molecule has 0 atom stereocenters. The van der Waals surface area contributed by atoms with Gasteiger partial charge in [-0.2, -0.15) is 0 Å². The van der Waals surface area contributed by atoms with Crippen molar-refractivity contribution in [2.45, 2.75) is 26.2 Å². The van der Waals surface area contributed by atoms with Gasteiger partial charge in [-0.25, -0.2) is 0 Å². The molecule has 0 heterocycles. The number of unbranched alkanes of at least 4 members (excludes halogenated alkanes) is 1. The Kier molecular flexibility index (Phi) is 6.41. The summed E-state index contributed by atoms with van der Waals surface area (Å²) < 4.78 is 0. The standard InChI is InChI=1S/C10H14.Li.H/c1-2-3-7-10-8-5-4-6-9-10;;/h4-6,8-9H,2-3,7H2,1H3;;. The molecule has 1 heteroatoms. The molecule has 0 unspecified atom stereocenters. The second-order valence-corrected chi connectivity index (χ2v) is 2.59. The van der Waals surface area contributed by atoms with Crippen LogP contribution in [-0.2, 0) is 6.42 Å². The van der Waals surface area contributed by atoms with Crippen LogP contribution < -0.4 is 0 Å². The number of hydrogen-bond acceptors (Lipinski definition) is 0. The fourth-order valence-corrected chi connectivity index (χ4v) is 1.03. The molecule has 0 aromatic heterocycles. The SMILES string of the molecule is CCCCc1ccccc1.[LiH]. The Balaban J connectivity index is 0.000001000. The van der Waals surface area contributed by atoms with Gasteiger partial charge in [-0.05, 0) is 18.4 Å². The van der Waals surface area contributed by atoms with Gasteiger partial charge in [0.25, 0.3) is 0 Å². The molecule has 1 aromatic carbocycles. The van der Waals surface area contributed by atoms with Crippen LogP contribution in [0.5, 0.6) is 0 Å². The van der Waals surface area contributed by atoms with Crippen molar-refractivity contribution in [3.05, 3.63) is 35.9 Å². The van der Waals surface area contributed by atoms with E-state index in [2.05, 4.69) is 37.3 Å². The average Bonchev–Trinajstić information content (AvgIpc) is 2.03. The second-order valence-electron chi connectivity index (χ2n) is 2.59. The molecule has 0 bridgehead atoms. The predicted molar refractivity (Wildman–Crippen MR) is 52.2 cm³/mol. The summed E-state index contributed by atoms with van der Waals surface area (Å²) in [7, 11) is 0. The monoisotopic (exact) mass is 142 g/mol. The van der Waals surface area contributed by atoms with Crippen molar-refractivity contribution in [2.75, 3.05) is 0 Å². The molecular weight excluding hydrogens is 127 g/mol. The van der Waals surface area contributed by atoms with Gasteiger partial charge < -0.3 is 0 Å². The van der Waals surface area contributed by atoms with Gasteiger partial charge in [-0.3, -0.25) is 0 Å². The van der Waals surface area contributed by atoms with E-state index in [0.29, 0.717) is 0 Å². The van der Waals surface area contributed by atoms with E-state index in [-0.39, 0.29) is 18.9 Å². The molecule has 0 spiro atoms. The zero-order valence-electron chi connectivity index (χ0n) is 6.51. The molecule has 0 amide bonds. The Morgan fingerprint density at radius 1 is 1.09 bits per heavy atom. The summed E-state index contributed by atoms with van der Waals surface area (Å²) in [4.78, 5) is 0. The van der Waals surface area contributed by atoms with Crippen LogP contribution in [0.25, 0.3) is 0 Å². The van der Waals surface area contributed by atoms with E-state index in [1.54, 1.807) is 0 Å². The van der Waals surface area contributed by atoms with Gasteiger partial charge in [-0.15, -0.1) is 0 Å². The van der Waals surface area contributed by atoms with Crippen LogP contribution in [0.15, 0.2) is 30.3 Å². The maximum absolute atomic E-state index is 2.23. The molecule has 0 saturated carbocycles. The summed E-state index contributed by atoms with van der Waals surface area (Å²) >= 11 is 0. The normalized spacial score (nSPS) is 8.82. The quantitative estimate of drug-likeness (QED) is 0.568. The first-order chi connectivity index (χ1) is 4.93. The van der Waals surface area contributed by atoms with Crippen LogP contribution in [0.3, 0.4) is 0 Å². The summed E-state index contributed by atoms with van der Waals surface area (Å²) in [5.74, 6) is 0. The molecule has 0 nitrogen and oxygen atoms in total. The van der Waals surface area contributed by atoms with E-state index in [4.69, 9.17) is 0 Å². The molecule has 11 heavy (non-hydrogen) atoms. The minimum absolute atomic E-state index is 0. The topological polar surface area (TPSA) is 0 Å². The third-order valence-corrected chi connectivity index (χ3v) is 1.66. The van der Waals surface area contributed by atoms with Gasteiger partial charge in [0.1, 0.15) is 0 Å². The number of hydrogen-bond donors (Lipinski definition) is 0. The fourth-order valence-electron chi connectivity index (χ4n) is 1.03. The van der Waals surface area contributed by atoms with Crippen molar-refractivity contribution in [3.63, 3.8) is 0 Å². The van der Waals surface area contributed by atoms with E-state index in [9.17, 15) is 0 Å². The zero-order chi connectivity index (χ0) is 7.23. The molecule has 56 valence electrons. The number of rotatable bonds is 3.